The van der Waals surface area contributed by atoms with Crippen molar-refractivity contribution < 1.29 is 18.8 Å². The molecule has 2 N–H and O–H groups in total. The predicted octanol–water partition coefficient (Wildman–Crippen LogP) is 3.87. The molecule has 7 heteroatoms. The van der Waals surface area contributed by atoms with Crippen LogP contribution in [0.4, 0.5) is 4.79 Å². The Kier molecular flexibility index (Phi) is 6.37. The molecule has 0 bridgehead atoms. The molecule has 1 fully saturated rings. The molecule has 1 saturated heterocycles. The Hall–Kier alpha value is -1.83. The number of fused-ring (bicyclic) bond motifs is 1. The van der Waals surface area contributed by atoms with E-state index in [0.29, 0.717) is 0 Å². The Labute approximate surface area is 180 Å². The summed E-state index contributed by atoms with van der Waals surface area (Å²) in [4.78, 5) is 12.3. The zero-order chi connectivity index (χ0) is 22.2. The van der Waals surface area contributed by atoms with Crippen LogP contribution in [-0.4, -0.2) is 43.1 Å². The Balaban J connectivity index is 1.89. The minimum absolute atomic E-state index is 0.285. The summed E-state index contributed by atoms with van der Waals surface area (Å²) in [6.45, 7) is 15.8. The number of carbonyl (C=O) groups excluding carboxylic acids is 1. The van der Waals surface area contributed by atoms with Crippen LogP contribution >= 0.6 is 0 Å². The van der Waals surface area contributed by atoms with Crippen molar-refractivity contribution in [1.82, 2.24) is 10.6 Å². The lowest BCUT2D eigenvalue weighted by atomic mass is 9.76. The molecule has 3 rings (SSSR count). The van der Waals surface area contributed by atoms with Crippen LogP contribution in [0.1, 0.15) is 65.2 Å². The van der Waals surface area contributed by atoms with Crippen molar-refractivity contribution in [2.45, 2.75) is 78.2 Å². The van der Waals surface area contributed by atoms with E-state index in [0.717, 1.165) is 30.5 Å². The number of hydrogen-bond acceptors (Lipinski definition) is 5. The van der Waals surface area contributed by atoms with Gasteiger partial charge in [-0.1, -0.05) is 24.3 Å². The standard InChI is InChI=1S/C23H35BN2O4/c1-21(2,3)28-20(27)26-15-18(24-29-22(4,5)23(6,7)30-24)13-16-9-8-10-17-14-25-12-11-19(16)17/h8-10,13,25H,11-12,14-15H2,1-7H3,(H,26,27). The number of alkyl carbamates (subject to hydrolysis) is 1. The molecule has 2 aliphatic heterocycles. The monoisotopic (exact) mass is 414 g/mol. The number of carbonyl (C=O) groups is 1. The summed E-state index contributed by atoms with van der Waals surface area (Å²) in [5, 5.41) is 6.29. The maximum atomic E-state index is 12.3. The van der Waals surface area contributed by atoms with Crippen molar-refractivity contribution in [3.63, 3.8) is 0 Å². The minimum atomic E-state index is -0.552. The third-order valence-corrected chi connectivity index (χ3v) is 5.91. The zero-order valence-corrected chi connectivity index (χ0v) is 19.3. The first-order valence-electron chi connectivity index (χ1n) is 10.7. The van der Waals surface area contributed by atoms with Gasteiger partial charge in [0.15, 0.2) is 0 Å². The molecule has 2 aliphatic rings. The van der Waals surface area contributed by atoms with Crippen LogP contribution in [0, 0.1) is 0 Å². The molecule has 164 valence electrons. The molecule has 1 aromatic rings. The van der Waals surface area contributed by atoms with Gasteiger partial charge in [-0.25, -0.2) is 4.79 Å². The van der Waals surface area contributed by atoms with E-state index in [-0.39, 0.29) is 6.54 Å². The topological polar surface area (TPSA) is 68.8 Å². The third-order valence-electron chi connectivity index (χ3n) is 5.91. The summed E-state index contributed by atoms with van der Waals surface area (Å²) in [6.07, 6.45) is 2.62. The molecule has 0 aliphatic carbocycles. The van der Waals surface area contributed by atoms with E-state index in [1.807, 2.05) is 48.5 Å². The summed E-state index contributed by atoms with van der Waals surface area (Å²) in [6, 6.07) is 6.34. The Morgan fingerprint density at radius 2 is 1.90 bits per heavy atom. The molecule has 0 saturated carbocycles. The second-order valence-corrected chi connectivity index (χ2v) is 10.1. The highest BCUT2D eigenvalue weighted by molar-refractivity contribution is 6.56. The van der Waals surface area contributed by atoms with Crippen molar-refractivity contribution >= 4 is 19.3 Å². The van der Waals surface area contributed by atoms with Crippen molar-refractivity contribution in [2.75, 3.05) is 13.1 Å². The van der Waals surface area contributed by atoms with Crippen LogP contribution in [0.2, 0.25) is 0 Å². The number of benzene rings is 1. The molecule has 6 nitrogen and oxygen atoms in total. The lowest BCUT2D eigenvalue weighted by Gasteiger charge is -2.32. The molecule has 0 unspecified atom stereocenters. The molecular weight excluding hydrogens is 379 g/mol. The summed E-state index contributed by atoms with van der Waals surface area (Å²) in [7, 11) is -0.539. The summed E-state index contributed by atoms with van der Waals surface area (Å²) < 4.78 is 18.0. The second-order valence-electron chi connectivity index (χ2n) is 10.1. The van der Waals surface area contributed by atoms with E-state index in [1.54, 1.807) is 0 Å². The van der Waals surface area contributed by atoms with Gasteiger partial charge in [0.1, 0.15) is 5.60 Å². The first kappa shape index (κ1) is 22.9. The van der Waals surface area contributed by atoms with E-state index in [9.17, 15) is 4.79 Å². The Morgan fingerprint density at radius 3 is 2.53 bits per heavy atom. The molecule has 0 aromatic heterocycles. The fourth-order valence-electron chi connectivity index (χ4n) is 3.58. The van der Waals surface area contributed by atoms with E-state index >= 15 is 0 Å². The first-order chi connectivity index (χ1) is 13.9. The number of nitrogens with one attached hydrogen (secondary N) is 2. The van der Waals surface area contributed by atoms with Crippen LogP contribution < -0.4 is 10.6 Å². The van der Waals surface area contributed by atoms with Gasteiger partial charge in [0.2, 0.25) is 0 Å². The molecular formula is C23H35BN2O4. The van der Waals surface area contributed by atoms with Crippen molar-refractivity contribution in [3.8, 4) is 0 Å². The summed E-state index contributed by atoms with van der Waals surface area (Å²) in [5.74, 6) is 0. The van der Waals surface area contributed by atoms with Gasteiger partial charge in [-0.3, -0.25) is 0 Å². The van der Waals surface area contributed by atoms with Gasteiger partial charge in [0, 0.05) is 13.1 Å². The van der Waals surface area contributed by atoms with Gasteiger partial charge in [-0.15, -0.1) is 0 Å². The maximum Gasteiger partial charge on any atom is 0.492 e. The van der Waals surface area contributed by atoms with Crippen molar-refractivity contribution in [1.29, 1.82) is 0 Å². The van der Waals surface area contributed by atoms with Crippen molar-refractivity contribution in [3.05, 3.63) is 40.4 Å². The molecule has 1 amide bonds. The van der Waals surface area contributed by atoms with Crippen LogP contribution in [0.25, 0.3) is 6.08 Å². The lowest BCUT2D eigenvalue weighted by molar-refractivity contribution is 0.00578. The van der Waals surface area contributed by atoms with Gasteiger partial charge in [0.05, 0.1) is 11.2 Å². The molecule has 0 atom stereocenters. The molecule has 0 spiro atoms. The smallest absolute Gasteiger partial charge is 0.444 e. The molecule has 1 aromatic carbocycles. The quantitative estimate of drug-likeness (QED) is 0.733. The fraction of sp³-hybridized carbons (Fsp3) is 0.609. The average molecular weight is 414 g/mol. The van der Waals surface area contributed by atoms with E-state index < -0.39 is 30.0 Å². The molecule has 2 heterocycles. The van der Waals surface area contributed by atoms with Gasteiger partial charge in [0.25, 0.3) is 0 Å². The largest absolute Gasteiger partial charge is 0.492 e. The Morgan fingerprint density at radius 1 is 1.23 bits per heavy atom. The summed E-state index contributed by atoms with van der Waals surface area (Å²) in [5.41, 5.74) is 3.19. The highest BCUT2D eigenvalue weighted by atomic mass is 16.7. The fourth-order valence-corrected chi connectivity index (χ4v) is 3.58. The Bertz CT molecular complexity index is 811. The lowest BCUT2D eigenvalue weighted by Crippen LogP contribution is -2.41. The van der Waals surface area contributed by atoms with Crippen LogP contribution in [-0.2, 0) is 27.0 Å². The van der Waals surface area contributed by atoms with E-state index in [2.05, 4.69) is 34.9 Å². The van der Waals surface area contributed by atoms with Crippen LogP contribution in [0.15, 0.2) is 23.7 Å². The highest BCUT2D eigenvalue weighted by Gasteiger charge is 2.52. The minimum Gasteiger partial charge on any atom is -0.444 e. The highest BCUT2D eigenvalue weighted by Crippen LogP contribution is 2.39. The first-order valence-corrected chi connectivity index (χ1v) is 10.7. The van der Waals surface area contributed by atoms with E-state index in [1.165, 1.54) is 11.1 Å². The van der Waals surface area contributed by atoms with Gasteiger partial charge in [-0.2, -0.15) is 0 Å². The van der Waals surface area contributed by atoms with E-state index in [4.69, 9.17) is 14.0 Å². The number of amides is 1. The molecule has 0 radical (unpaired) electrons. The number of hydrogen-bond donors (Lipinski definition) is 2. The predicted molar refractivity (Wildman–Crippen MR) is 120 cm³/mol. The second kappa shape index (κ2) is 8.37. The maximum absolute atomic E-state index is 12.3. The summed E-state index contributed by atoms with van der Waals surface area (Å²) >= 11 is 0. The normalized spacial score (nSPS) is 20.6. The number of ether oxygens (including phenoxy) is 1. The van der Waals surface area contributed by atoms with Gasteiger partial charge < -0.3 is 24.7 Å². The molecule has 30 heavy (non-hydrogen) atoms. The van der Waals surface area contributed by atoms with Gasteiger partial charge in [-0.05, 0) is 83.6 Å². The van der Waals surface area contributed by atoms with Crippen LogP contribution in [0.5, 0.6) is 0 Å². The average Bonchev–Trinajstić information content (AvgIpc) is 2.84. The van der Waals surface area contributed by atoms with Crippen LogP contribution in [0.3, 0.4) is 0 Å². The zero-order valence-electron chi connectivity index (χ0n) is 19.3. The SMILES string of the molecule is CC(C)(C)OC(=O)NCC(=Cc1cccc2c1CCNC2)B1OC(C)(C)C(C)(C)O1. The number of rotatable bonds is 4. The van der Waals surface area contributed by atoms with Crippen molar-refractivity contribution in [2.24, 2.45) is 0 Å². The third kappa shape index (κ3) is 5.26. The van der Waals surface area contributed by atoms with Gasteiger partial charge >= 0.3 is 13.2 Å².